The molecule has 0 bridgehead atoms. The third kappa shape index (κ3) is 1.67. The van der Waals surface area contributed by atoms with Crippen LogP contribution in [0.4, 0.5) is 5.69 Å². The molecule has 1 aromatic rings. The molecule has 14 heavy (non-hydrogen) atoms. The molecule has 0 saturated carbocycles. The van der Waals surface area contributed by atoms with Gasteiger partial charge in [-0.05, 0) is 6.07 Å². The first-order valence-corrected chi connectivity index (χ1v) is 4.25. The summed E-state index contributed by atoms with van der Waals surface area (Å²) < 4.78 is 4.97. The minimum atomic E-state index is -0.489. The zero-order valence-corrected chi connectivity index (χ0v) is 7.34. The van der Waals surface area contributed by atoms with Crippen LogP contribution in [-0.2, 0) is 11.2 Å². The van der Waals surface area contributed by atoms with Crippen molar-refractivity contribution in [1.29, 1.82) is 0 Å². The summed E-state index contributed by atoms with van der Waals surface area (Å²) in [6.07, 6.45) is 0.435. The molecular formula is C9H9NO4. The predicted octanol–water partition coefficient (Wildman–Crippen LogP) is 1.24. The Morgan fingerprint density at radius 1 is 1.64 bits per heavy atom. The lowest BCUT2D eigenvalue weighted by molar-refractivity contribution is -0.385. The van der Waals surface area contributed by atoms with E-state index in [1.165, 1.54) is 18.2 Å². The second-order valence-corrected chi connectivity index (χ2v) is 3.19. The van der Waals surface area contributed by atoms with Crippen molar-refractivity contribution in [1.82, 2.24) is 0 Å². The first-order valence-electron chi connectivity index (χ1n) is 4.25. The lowest BCUT2D eigenvalue weighted by Crippen LogP contribution is -1.99. The van der Waals surface area contributed by atoms with Crippen LogP contribution < -0.4 is 0 Å². The molecule has 1 aliphatic heterocycles. The molecular weight excluding hydrogens is 186 g/mol. The average molecular weight is 195 g/mol. The molecule has 1 atom stereocenters. The first-order chi connectivity index (χ1) is 6.68. The highest BCUT2D eigenvalue weighted by Crippen LogP contribution is 2.31. The van der Waals surface area contributed by atoms with Gasteiger partial charge >= 0.3 is 0 Å². The summed E-state index contributed by atoms with van der Waals surface area (Å²) in [4.78, 5) is 10.1. The molecule has 1 aromatic carbocycles. The molecule has 5 nitrogen and oxygen atoms in total. The smallest absolute Gasteiger partial charge is 0.276 e. The van der Waals surface area contributed by atoms with Crippen LogP contribution in [0.2, 0.25) is 0 Å². The molecule has 1 saturated heterocycles. The van der Waals surface area contributed by atoms with Gasteiger partial charge in [0, 0.05) is 12.5 Å². The molecule has 2 rings (SSSR count). The van der Waals surface area contributed by atoms with Gasteiger partial charge in [-0.25, -0.2) is 0 Å². The van der Waals surface area contributed by atoms with E-state index in [0.717, 1.165) is 0 Å². The van der Waals surface area contributed by atoms with Crippen molar-refractivity contribution in [2.45, 2.75) is 12.5 Å². The molecule has 1 N–H and O–H groups in total. The van der Waals surface area contributed by atoms with E-state index in [9.17, 15) is 15.2 Å². The molecule has 1 heterocycles. The number of nitro benzene ring substituents is 1. The Labute approximate surface area is 80.1 Å². The van der Waals surface area contributed by atoms with E-state index in [1.807, 2.05) is 0 Å². The van der Waals surface area contributed by atoms with E-state index in [-0.39, 0.29) is 17.5 Å². The van der Waals surface area contributed by atoms with E-state index in [0.29, 0.717) is 18.6 Å². The van der Waals surface area contributed by atoms with Gasteiger partial charge in [0.2, 0.25) is 0 Å². The van der Waals surface area contributed by atoms with Crippen molar-refractivity contribution >= 4 is 5.69 Å². The number of benzene rings is 1. The number of nitro groups is 1. The Morgan fingerprint density at radius 2 is 2.36 bits per heavy atom. The van der Waals surface area contributed by atoms with Gasteiger partial charge in [0.15, 0.2) is 0 Å². The van der Waals surface area contributed by atoms with E-state index in [2.05, 4.69) is 0 Å². The van der Waals surface area contributed by atoms with Gasteiger partial charge in [-0.15, -0.1) is 0 Å². The largest absolute Gasteiger partial charge is 0.507 e. The van der Waals surface area contributed by atoms with Crippen molar-refractivity contribution in [3.63, 3.8) is 0 Å². The van der Waals surface area contributed by atoms with Crippen LogP contribution in [-0.4, -0.2) is 22.7 Å². The SMILES string of the molecule is O=[N+]([O-])c1cccc(O)c1CC1CO1. The second-order valence-electron chi connectivity index (χ2n) is 3.19. The average Bonchev–Trinajstić information content (AvgIpc) is 2.91. The number of ether oxygens (including phenoxy) is 1. The quantitative estimate of drug-likeness (QED) is 0.447. The first kappa shape index (κ1) is 8.96. The van der Waals surface area contributed by atoms with Crippen LogP contribution in [0.1, 0.15) is 5.56 Å². The summed E-state index contributed by atoms with van der Waals surface area (Å²) in [5.74, 6) is -0.0327. The fourth-order valence-corrected chi connectivity index (χ4v) is 1.36. The van der Waals surface area contributed by atoms with Crippen LogP contribution in [0.5, 0.6) is 5.75 Å². The van der Waals surface area contributed by atoms with E-state index >= 15 is 0 Å². The minimum absolute atomic E-state index is 0.0296. The highest BCUT2D eigenvalue weighted by molar-refractivity contribution is 5.49. The maximum absolute atomic E-state index is 10.6. The fraction of sp³-hybridized carbons (Fsp3) is 0.333. The third-order valence-electron chi connectivity index (χ3n) is 2.16. The molecule has 74 valence electrons. The number of hydrogen-bond donors (Lipinski definition) is 1. The Kier molecular flexibility index (Phi) is 2.09. The lowest BCUT2D eigenvalue weighted by Gasteiger charge is -2.02. The Hall–Kier alpha value is -1.62. The minimum Gasteiger partial charge on any atom is -0.507 e. The third-order valence-corrected chi connectivity index (χ3v) is 2.16. The summed E-state index contributed by atoms with van der Waals surface area (Å²) >= 11 is 0. The summed E-state index contributed by atoms with van der Waals surface area (Å²) in [6, 6.07) is 4.30. The number of nitrogens with zero attached hydrogens (tertiary/aromatic N) is 1. The van der Waals surface area contributed by atoms with Gasteiger partial charge < -0.3 is 9.84 Å². The van der Waals surface area contributed by atoms with Crippen molar-refractivity contribution in [3.8, 4) is 5.75 Å². The Morgan fingerprint density at radius 3 is 2.93 bits per heavy atom. The molecule has 0 radical (unpaired) electrons. The van der Waals surface area contributed by atoms with Gasteiger partial charge in [-0.2, -0.15) is 0 Å². The van der Waals surface area contributed by atoms with Gasteiger partial charge in [0.05, 0.1) is 23.2 Å². The van der Waals surface area contributed by atoms with Gasteiger partial charge in [-0.3, -0.25) is 10.1 Å². The predicted molar refractivity (Wildman–Crippen MR) is 48.2 cm³/mol. The highest BCUT2D eigenvalue weighted by atomic mass is 16.6. The van der Waals surface area contributed by atoms with Crippen molar-refractivity contribution in [3.05, 3.63) is 33.9 Å². The maximum atomic E-state index is 10.6. The summed E-state index contributed by atoms with van der Waals surface area (Å²) in [5.41, 5.74) is 0.320. The van der Waals surface area contributed by atoms with Crippen molar-refractivity contribution in [2.24, 2.45) is 0 Å². The summed E-state index contributed by atoms with van der Waals surface area (Å²) in [7, 11) is 0. The number of epoxide rings is 1. The second kappa shape index (κ2) is 3.26. The molecule has 5 heteroatoms. The fourth-order valence-electron chi connectivity index (χ4n) is 1.36. The standard InChI is InChI=1S/C9H9NO4/c11-9-3-1-2-8(10(12)13)7(9)4-6-5-14-6/h1-3,6,11H,4-5H2. The normalized spacial score (nSPS) is 19.3. The van der Waals surface area contributed by atoms with E-state index in [1.54, 1.807) is 0 Å². The zero-order chi connectivity index (χ0) is 10.1. The van der Waals surface area contributed by atoms with Crippen LogP contribution >= 0.6 is 0 Å². The molecule has 0 spiro atoms. The topological polar surface area (TPSA) is 75.9 Å². The highest BCUT2D eigenvalue weighted by Gasteiger charge is 2.28. The van der Waals surface area contributed by atoms with Gasteiger partial charge in [0.25, 0.3) is 5.69 Å². The monoisotopic (exact) mass is 195 g/mol. The van der Waals surface area contributed by atoms with Crippen LogP contribution in [0.25, 0.3) is 0 Å². The molecule has 0 aromatic heterocycles. The number of aromatic hydroxyl groups is 1. The number of phenolic OH excluding ortho intramolecular Hbond substituents is 1. The number of phenols is 1. The molecule has 0 amide bonds. The van der Waals surface area contributed by atoms with Crippen molar-refractivity contribution in [2.75, 3.05) is 6.61 Å². The lowest BCUT2D eigenvalue weighted by atomic mass is 10.1. The maximum Gasteiger partial charge on any atom is 0.276 e. The molecule has 1 unspecified atom stereocenters. The van der Waals surface area contributed by atoms with E-state index < -0.39 is 4.92 Å². The van der Waals surface area contributed by atoms with Crippen LogP contribution in [0.3, 0.4) is 0 Å². The number of hydrogen-bond acceptors (Lipinski definition) is 4. The zero-order valence-electron chi connectivity index (χ0n) is 7.34. The molecule has 1 fully saturated rings. The summed E-state index contributed by atoms with van der Waals surface area (Å²) in [5, 5.41) is 20.1. The Balaban J connectivity index is 2.36. The van der Waals surface area contributed by atoms with Crippen LogP contribution in [0, 0.1) is 10.1 Å². The molecule has 1 aliphatic rings. The van der Waals surface area contributed by atoms with Gasteiger partial charge in [0.1, 0.15) is 5.75 Å². The van der Waals surface area contributed by atoms with E-state index in [4.69, 9.17) is 4.74 Å². The van der Waals surface area contributed by atoms with Gasteiger partial charge in [-0.1, -0.05) is 6.07 Å². The van der Waals surface area contributed by atoms with Crippen LogP contribution in [0.15, 0.2) is 18.2 Å². The Bertz CT molecular complexity index is 373. The molecule has 0 aliphatic carbocycles. The van der Waals surface area contributed by atoms with Crippen molar-refractivity contribution < 1.29 is 14.8 Å². The number of rotatable bonds is 3. The summed E-state index contributed by atoms with van der Waals surface area (Å²) in [6.45, 7) is 0.617.